The summed E-state index contributed by atoms with van der Waals surface area (Å²) in [6.07, 6.45) is -0.362. The zero-order chi connectivity index (χ0) is 18.9. The molecule has 0 aliphatic rings. The van der Waals surface area contributed by atoms with Gasteiger partial charge in [0.25, 0.3) is 5.69 Å². The minimum atomic E-state index is -4.83. The maximum atomic E-state index is 14.3. The molecule has 0 fully saturated rings. The van der Waals surface area contributed by atoms with Crippen LogP contribution in [0.4, 0.5) is 14.5 Å². The molecule has 0 saturated heterocycles. The molecule has 0 heterocycles. The average Bonchev–Trinajstić information content (AvgIpc) is 2.44. The second kappa shape index (κ2) is 6.63. The highest BCUT2D eigenvalue weighted by Gasteiger charge is 2.33. The third-order valence-corrected chi connectivity index (χ3v) is 4.91. The number of rotatable bonds is 5. The number of sulfone groups is 1. The Morgan fingerprint density at radius 1 is 1.20 bits per heavy atom. The van der Waals surface area contributed by atoms with Crippen LogP contribution in [0.25, 0.3) is 0 Å². The quantitative estimate of drug-likeness (QED) is 0.490. The molecule has 0 saturated carbocycles. The smallest absolute Gasteiger partial charge is 0.291 e. The van der Waals surface area contributed by atoms with E-state index in [9.17, 15) is 32.4 Å². The molecular formula is C15H13F2NO6S. The van der Waals surface area contributed by atoms with E-state index in [4.69, 9.17) is 4.74 Å². The summed E-state index contributed by atoms with van der Waals surface area (Å²) in [4.78, 5) is 7.79. The monoisotopic (exact) mass is 373 g/mol. The number of phenolic OH excluding ortho intramolecular Hbond substituents is 1. The highest BCUT2D eigenvalue weighted by molar-refractivity contribution is 7.91. The summed E-state index contributed by atoms with van der Waals surface area (Å²) in [5.41, 5.74) is -1.07. The molecule has 0 bridgehead atoms. The molecule has 134 valence electrons. The summed E-state index contributed by atoms with van der Waals surface area (Å²) in [5.74, 6) is -3.47. The number of hydrogen-bond acceptors (Lipinski definition) is 6. The fourth-order valence-electron chi connectivity index (χ4n) is 2.13. The Labute approximate surface area is 141 Å². The summed E-state index contributed by atoms with van der Waals surface area (Å²) >= 11 is 0. The van der Waals surface area contributed by atoms with Gasteiger partial charge in [-0.3, -0.25) is 10.1 Å². The molecule has 10 heteroatoms. The maximum absolute atomic E-state index is 14.3. The topological polar surface area (TPSA) is 107 Å². The predicted octanol–water partition coefficient (Wildman–Crippen LogP) is 3.20. The first-order chi connectivity index (χ1) is 11.5. The normalized spacial score (nSPS) is 11.6. The van der Waals surface area contributed by atoms with E-state index >= 15 is 0 Å². The maximum Gasteiger partial charge on any atom is 0.291 e. The van der Waals surface area contributed by atoms with Gasteiger partial charge in [-0.25, -0.2) is 17.2 Å². The van der Waals surface area contributed by atoms with Crippen LogP contribution in [-0.4, -0.2) is 24.6 Å². The van der Waals surface area contributed by atoms with Crippen molar-refractivity contribution in [1.29, 1.82) is 0 Å². The van der Waals surface area contributed by atoms with Crippen molar-refractivity contribution < 1.29 is 32.0 Å². The van der Waals surface area contributed by atoms with Crippen LogP contribution in [0.2, 0.25) is 0 Å². The second-order valence-electron chi connectivity index (χ2n) is 5.29. The third-order valence-electron chi connectivity index (χ3n) is 3.05. The number of nitro groups is 1. The van der Waals surface area contributed by atoms with Crippen LogP contribution in [0.3, 0.4) is 0 Å². The Bertz CT molecular complexity index is 920. The summed E-state index contributed by atoms with van der Waals surface area (Å²) in [6.45, 7) is 3.28. The zero-order valence-electron chi connectivity index (χ0n) is 13.1. The van der Waals surface area contributed by atoms with E-state index in [1.807, 2.05) is 0 Å². The van der Waals surface area contributed by atoms with Gasteiger partial charge in [0, 0.05) is 12.1 Å². The van der Waals surface area contributed by atoms with Crippen molar-refractivity contribution in [2.45, 2.75) is 29.7 Å². The Hall–Kier alpha value is -2.75. The number of aromatic hydroxyl groups is 1. The lowest BCUT2D eigenvalue weighted by atomic mass is 10.3. The first-order valence-corrected chi connectivity index (χ1v) is 8.40. The number of ether oxygens (including phenoxy) is 1. The van der Waals surface area contributed by atoms with Gasteiger partial charge in [-0.05, 0) is 26.0 Å². The van der Waals surface area contributed by atoms with E-state index < -0.39 is 47.6 Å². The Morgan fingerprint density at radius 3 is 2.36 bits per heavy atom. The number of phenols is 1. The van der Waals surface area contributed by atoms with Crippen molar-refractivity contribution in [3.8, 4) is 11.5 Å². The van der Waals surface area contributed by atoms with E-state index in [2.05, 4.69) is 0 Å². The van der Waals surface area contributed by atoms with E-state index in [1.54, 1.807) is 13.8 Å². The molecule has 2 aromatic rings. The number of halogens is 2. The van der Waals surface area contributed by atoms with Gasteiger partial charge < -0.3 is 9.84 Å². The van der Waals surface area contributed by atoms with Crippen molar-refractivity contribution in [1.82, 2.24) is 0 Å². The standard InChI is InChI=1S/C15H13F2NO6S/c1-8(2)24-10-6-11(17)15(13(19)7-10)25(22,23)14-4-3-9(16)5-12(14)18(20)21/h3-8,19H,1-2H3. The molecule has 2 aromatic carbocycles. The van der Waals surface area contributed by atoms with Crippen LogP contribution in [0.5, 0.6) is 11.5 Å². The van der Waals surface area contributed by atoms with Crippen LogP contribution in [0.15, 0.2) is 40.1 Å². The third kappa shape index (κ3) is 3.68. The Balaban J connectivity index is 2.68. The highest BCUT2D eigenvalue weighted by Crippen LogP contribution is 2.37. The molecule has 1 N–H and O–H groups in total. The van der Waals surface area contributed by atoms with Gasteiger partial charge in [0.2, 0.25) is 9.84 Å². The van der Waals surface area contributed by atoms with Gasteiger partial charge in [0.1, 0.15) is 32.9 Å². The molecular weight excluding hydrogens is 360 g/mol. The largest absolute Gasteiger partial charge is 0.506 e. The predicted molar refractivity (Wildman–Crippen MR) is 82.3 cm³/mol. The lowest BCUT2D eigenvalue weighted by Gasteiger charge is -2.13. The fraction of sp³-hybridized carbons (Fsp3) is 0.200. The van der Waals surface area contributed by atoms with Crippen molar-refractivity contribution >= 4 is 15.5 Å². The Morgan fingerprint density at radius 2 is 1.84 bits per heavy atom. The van der Waals surface area contributed by atoms with Gasteiger partial charge in [-0.1, -0.05) is 0 Å². The lowest BCUT2D eigenvalue weighted by molar-refractivity contribution is -0.388. The minimum absolute atomic E-state index is 0.113. The van der Waals surface area contributed by atoms with E-state index in [0.29, 0.717) is 18.2 Å². The van der Waals surface area contributed by atoms with Crippen molar-refractivity contribution in [3.05, 3.63) is 52.1 Å². The second-order valence-corrected chi connectivity index (χ2v) is 7.15. The molecule has 0 aliphatic heterocycles. The van der Waals surface area contributed by atoms with Crippen LogP contribution in [0.1, 0.15) is 13.8 Å². The van der Waals surface area contributed by atoms with Crippen LogP contribution in [0, 0.1) is 21.7 Å². The van der Waals surface area contributed by atoms with E-state index in [0.717, 1.165) is 12.1 Å². The van der Waals surface area contributed by atoms with Crippen molar-refractivity contribution in [2.75, 3.05) is 0 Å². The molecule has 25 heavy (non-hydrogen) atoms. The van der Waals surface area contributed by atoms with Crippen molar-refractivity contribution in [3.63, 3.8) is 0 Å². The number of nitro benzene ring substituents is 1. The van der Waals surface area contributed by atoms with Crippen LogP contribution >= 0.6 is 0 Å². The van der Waals surface area contributed by atoms with E-state index in [1.165, 1.54) is 0 Å². The lowest BCUT2D eigenvalue weighted by Crippen LogP contribution is -2.10. The molecule has 0 amide bonds. The Kier molecular flexibility index (Phi) is 4.93. The van der Waals surface area contributed by atoms with Crippen LogP contribution < -0.4 is 4.74 Å². The van der Waals surface area contributed by atoms with Gasteiger partial charge in [-0.15, -0.1) is 0 Å². The summed E-state index contributed by atoms with van der Waals surface area (Å²) in [5, 5.41) is 20.9. The molecule has 0 unspecified atom stereocenters. The summed E-state index contributed by atoms with van der Waals surface area (Å²) < 4.78 is 57.8. The molecule has 0 aromatic heterocycles. The zero-order valence-corrected chi connectivity index (χ0v) is 13.9. The molecule has 0 radical (unpaired) electrons. The van der Waals surface area contributed by atoms with Gasteiger partial charge in [-0.2, -0.15) is 0 Å². The first-order valence-electron chi connectivity index (χ1n) is 6.92. The van der Waals surface area contributed by atoms with Crippen LogP contribution in [-0.2, 0) is 9.84 Å². The highest BCUT2D eigenvalue weighted by atomic mass is 32.2. The number of benzene rings is 2. The molecule has 0 spiro atoms. The SMILES string of the molecule is CC(C)Oc1cc(O)c(S(=O)(=O)c2ccc(F)cc2[N+](=O)[O-])c(F)c1. The molecule has 0 aliphatic carbocycles. The minimum Gasteiger partial charge on any atom is -0.506 e. The fourth-order valence-corrected chi connectivity index (χ4v) is 3.66. The van der Waals surface area contributed by atoms with E-state index in [-0.39, 0.29) is 11.9 Å². The van der Waals surface area contributed by atoms with Gasteiger partial charge in [0.05, 0.1) is 17.1 Å². The number of hydrogen-bond donors (Lipinski definition) is 1. The molecule has 0 atom stereocenters. The average molecular weight is 373 g/mol. The van der Waals surface area contributed by atoms with Crippen molar-refractivity contribution in [2.24, 2.45) is 0 Å². The summed E-state index contributed by atoms with van der Waals surface area (Å²) in [7, 11) is -4.83. The first kappa shape index (κ1) is 18.6. The van der Waals surface area contributed by atoms with Gasteiger partial charge >= 0.3 is 0 Å². The molecule has 7 nitrogen and oxygen atoms in total. The number of nitrogens with zero attached hydrogens (tertiary/aromatic N) is 1. The van der Waals surface area contributed by atoms with Gasteiger partial charge in [0.15, 0.2) is 0 Å². The molecule has 2 rings (SSSR count). The summed E-state index contributed by atoms with van der Waals surface area (Å²) in [6, 6.07) is 3.34.